The third-order valence-electron chi connectivity index (χ3n) is 4.04. The second-order valence-corrected chi connectivity index (χ2v) is 6.94. The van der Waals surface area contributed by atoms with Crippen LogP contribution in [0.5, 0.6) is 0 Å². The molecule has 0 radical (unpaired) electrons. The quantitative estimate of drug-likeness (QED) is 0.650. The Kier molecular flexibility index (Phi) is 5.41. The number of ether oxygens (including phenoxy) is 1. The van der Waals surface area contributed by atoms with E-state index in [0.717, 1.165) is 11.3 Å². The summed E-state index contributed by atoms with van der Waals surface area (Å²) in [4.78, 5) is 42.1. The molecule has 0 fully saturated rings. The molecule has 0 bridgehead atoms. The Morgan fingerprint density at radius 2 is 2.22 bits per heavy atom. The fourth-order valence-electron chi connectivity index (χ4n) is 2.71. The number of thiophene rings is 1. The number of fused-ring (bicyclic) bond motifs is 1. The molecule has 0 aromatic carbocycles. The number of hydrogen-bond acceptors (Lipinski definition) is 7. The van der Waals surface area contributed by atoms with Crippen LogP contribution in [0.15, 0.2) is 33.9 Å². The number of amides is 1. The minimum atomic E-state index is -0.478. The van der Waals surface area contributed by atoms with E-state index < -0.39 is 5.97 Å². The number of esters is 1. The fourth-order valence-corrected chi connectivity index (χ4v) is 3.75. The first-order chi connectivity index (χ1) is 12.9. The molecule has 8 nitrogen and oxygen atoms in total. The number of carbonyl (C=O) groups is 2. The third kappa shape index (κ3) is 3.77. The maximum Gasteiger partial charge on any atom is 0.348 e. The SMILES string of the molecule is CCOC(=O)c1sc2ncn(CC(=O)N[C@@H](C)c3ccco3)c(=O)c2c1C. The molecule has 1 amide bonds. The van der Waals surface area contributed by atoms with Crippen LogP contribution in [0.2, 0.25) is 0 Å². The van der Waals surface area contributed by atoms with Gasteiger partial charge in [0.15, 0.2) is 0 Å². The normalized spacial score (nSPS) is 12.1. The summed E-state index contributed by atoms with van der Waals surface area (Å²) < 4.78 is 11.5. The van der Waals surface area contributed by atoms with Gasteiger partial charge in [0.05, 0.1) is 30.6 Å². The largest absolute Gasteiger partial charge is 0.467 e. The first-order valence-corrected chi connectivity index (χ1v) is 9.22. The minimum absolute atomic E-state index is 0.184. The number of furan rings is 1. The van der Waals surface area contributed by atoms with E-state index in [1.165, 1.54) is 17.2 Å². The van der Waals surface area contributed by atoms with Crippen LogP contribution >= 0.6 is 11.3 Å². The Bertz CT molecular complexity index is 1040. The van der Waals surface area contributed by atoms with E-state index in [-0.39, 0.29) is 30.7 Å². The lowest BCUT2D eigenvalue weighted by Crippen LogP contribution is -2.33. The average molecular weight is 389 g/mol. The smallest absolute Gasteiger partial charge is 0.348 e. The van der Waals surface area contributed by atoms with Gasteiger partial charge in [0.2, 0.25) is 5.91 Å². The first kappa shape index (κ1) is 18.8. The third-order valence-corrected chi connectivity index (χ3v) is 5.22. The Morgan fingerprint density at radius 3 is 2.89 bits per heavy atom. The van der Waals surface area contributed by atoms with Crippen molar-refractivity contribution in [3.8, 4) is 0 Å². The highest BCUT2D eigenvalue weighted by Crippen LogP contribution is 2.27. The maximum atomic E-state index is 12.8. The van der Waals surface area contributed by atoms with E-state index in [9.17, 15) is 14.4 Å². The summed E-state index contributed by atoms with van der Waals surface area (Å²) >= 11 is 1.11. The predicted octanol–water partition coefficient (Wildman–Crippen LogP) is 2.41. The van der Waals surface area contributed by atoms with E-state index in [4.69, 9.17) is 9.15 Å². The molecule has 1 N–H and O–H groups in total. The standard InChI is InChI=1S/C18H19N3O5S/c1-4-25-18(24)15-10(2)14-16(27-15)19-9-21(17(14)23)8-13(22)20-11(3)12-6-5-7-26-12/h5-7,9,11H,4,8H2,1-3H3,(H,20,22)/t11-/m0/s1. The van der Waals surface area contributed by atoms with E-state index in [1.54, 1.807) is 32.9 Å². The van der Waals surface area contributed by atoms with Crippen molar-refractivity contribution >= 4 is 33.4 Å². The van der Waals surface area contributed by atoms with Gasteiger partial charge in [-0.3, -0.25) is 14.2 Å². The molecule has 3 heterocycles. The molecule has 9 heteroatoms. The van der Waals surface area contributed by atoms with Gasteiger partial charge < -0.3 is 14.5 Å². The van der Waals surface area contributed by atoms with Crippen LogP contribution in [-0.2, 0) is 16.1 Å². The van der Waals surface area contributed by atoms with Gasteiger partial charge in [-0.05, 0) is 38.5 Å². The predicted molar refractivity (Wildman–Crippen MR) is 99.8 cm³/mol. The molecule has 0 unspecified atom stereocenters. The zero-order chi connectivity index (χ0) is 19.6. The van der Waals surface area contributed by atoms with Crippen molar-refractivity contribution in [2.24, 2.45) is 0 Å². The lowest BCUT2D eigenvalue weighted by molar-refractivity contribution is -0.122. The van der Waals surface area contributed by atoms with Gasteiger partial charge in [0.1, 0.15) is 22.0 Å². The number of aryl methyl sites for hydroxylation is 1. The monoisotopic (exact) mass is 389 g/mol. The van der Waals surface area contributed by atoms with Crippen molar-refractivity contribution in [2.45, 2.75) is 33.4 Å². The number of hydrogen-bond donors (Lipinski definition) is 1. The second kappa shape index (κ2) is 7.75. The highest BCUT2D eigenvalue weighted by molar-refractivity contribution is 7.20. The summed E-state index contributed by atoms with van der Waals surface area (Å²) in [6.45, 7) is 5.25. The van der Waals surface area contributed by atoms with E-state index >= 15 is 0 Å². The maximum absolute atomic E-state index is 12.8. The Hall–Kier alpha value is -2.94. The van der Waals surface area contributed by atoms with E-state index in [1.807, 2.05) is 0 Å². The molecular weight excluding hydrogens is 370 g/mol. The minimum Gasteiger partial charge on any atom is -0.467 e. The molecule has 0 aliphatic carbocycles. The summed E-state index contributed by atoms with van der Waals surface area (Å²) in [5.74, 6) is -0.202. The van der Waals surface area contributed by atoms with Crippen LogP contribution < -0.4 is 10.9 Å². The topological polar surface area (TPSA) is 103 Å². The highest BCUT2D eigenvalue weighted by atomic mass is 32.1. The van der Waals surface area contributed by atoms with Crippen molar-refractivity contribution in [2.75, 3.05) is 6.61 Å². The molecule has 1 atom stereocenters. The summed E-state index contributed by atoms with van der Waals surface area (Å²) in [5.41, 5.74) is 0.148. The Balaban J connectivity index is 1.84. The molecular formula is C18H19N3O5S. The van der Waals surface area contributed by atoms with Gasteiger partial charge in [0, 0.05) is 0 Å². The lowest BCUT2D eigenvalue weighted by atomic mass is 10.2. The molecule has 0 saturated carbocycles. The number of nitrogens with one attached hydrogen (secondary N) is 1. The average Bonchev–Trinajstić information content (AvgIpc) is 3.26. The number of carbonyl (C=O) groups excluding carboxylic acids is 2. The van der Waals surface area contributed by atoms with Crippen molar-refractivity contribution in [3.63, 3.8) is 0 Å². The van der Waals surface area contributed by atoms with E-state index in [0.29, 0.717) is 26.4 Å². The van der Waals surface area contributed by atoms with E-state index in [2.05, 4.69) is 10.3 Å². The zero-order valence-electron chi connectivity index (χ0n) is 15.1. The van der Waals surface area contributed by atoms with Crippen LogP contribution in [0.25, 0.3) is 10.2 Å². The van der Waals surface area contributed by atoms with Crippen LogP contribution in [0.1, 0.15) is 40.9 Å². The van der Waals surface area contributed by atoms with Crippen molar-refractivity contribution in [1.82, 2.24) is 14.9 Å². The zero-order valence-corrected chi connectivity index (χ0v) is 16.0. The van der Waals surface area contributed by atoms with Gasteiger partial charge in [-0.2, -0.15) is 0 Å². The van der Waals surface area contributed by atoms with Gasteiger partial charge in [0.25, 0.3) is 5.56 Å². The fraction of sp³-hybridized carbons (Fsp3) is 0.333. The van der Waals surface area contributed by atoms with Crippen LogP contribution in [0.4, 0.5) is 0 Å². The number of aromatic nitrogens is 2. The Labute approximate surface area is 158 Å². The lowest BCUT2D eigenvalue weighted by Gasteiger charge is -2.12. The molecule has 0 aliphatic heterocycles. The second-order valence-electron chi connectivity index (χ2n) is 5.94. The summed E-state index contributed by atoms with van der Waals surface area (Å²) in [5, 5.41) is 3.10. The van der Waals surface area contributed by atoms with Gasteiger partial charge in [-0.1, -0.05) is 0 Å². The molecule has 0 aliphatic rings. The van der Waals surface area contributed by atoms with Gasteiger partial charge >= 0.3 is 5.97 Å². The summed E-state index contributed by atoms with van der Waals surface area (Å²) in [6, 6.07) is 3.18. The number of nitrogens with zero attached hydrogens (tertiary/aromatic N) is 2. The summed E-state index contributed by atoms with van der Waals surface area (Å²) in [7, 11) is 0. The van der Waals surface area contributed by atoms with Crippen LogP contribution in [0, 0.1) is 6.92 Å². The highest BCUT2D eigenvalue weighted by Gasteiger charge is 2.21. The molecule has 27 heavy (non-hydrogen) atoms. The van der Waals surface area contributed by atoms with Crippen LogP contribution in [-0.4, -0.2) is 28.0 Å². The number of rotatable bonds is 6. The van der Waals surface area contributed by atoms with Gasteiger partial charge in [-0.15, -0.1) is 11.3 Å². The van der Waals surface area contributed by atoms with Crippen molar-refractivity contribution in [1.29, 1.82) is 0 Å². The summed E-state index contributed by atoms with van der Waals surface area (Å²) in [6.07, 6.45) is 2.84. The molecule has 142 valence electrons. The molecule has 3 aromatic heterocycles. The Morgan fingerprint density at radius 1 is 1.44 bits per heavy atom. The molecule has 0 spiro atoms. The molecule has 3 rings (SSSR count). The van der Waals surface area contributed by atoms with Crippen molar-refractivity contribution in [3.05, 3.63) is 51.3 Å². The van der Waals surface area contributed by atoms with Crippen LogP contribution in [0.3, 0.4) is 0 Å². The first-order valence-electron chi connectivity index (χ1n) is 8.40. The molecule has 0 saturated heterocycles. The molecule has 3 aromatic rings. The van der Waals surface area contributed by atoms with Gasteiger partial charge in [-0.25, -0.2) is 9.78 Å². The van der Waals surface area contributed by atoms with Crippen molar-refractivity contribution < 1.29 is 18.7 Å².